The lowest BCUT2D eigenvalue weighted by Crippen LogP contribution is -2.08. The van der Waals surface area contributed by atoms with Crippen molar-refractivity contribution >= 4 is 16.6 Å². The smallest absolute Gasteiger partial charge is 0.198 e. The second kappa shape index (κ2) is 7.19. The van der Waals surface area contributed by atoms with Crippen molar-refractivity contribution in [3.8, 4) is 0 Å². The third-order valence-corrected chi connectivity index (χ3v) is 5.77. The number of halogens is 1. The van der Waals surface area contributed by atoms with Crippen LogP contribution in [0.2, 0.25) is 0 Å². The zero-order valence-corrected chi connectivity index (χ0v) is 15.6. The first-order chi connectivity index (χ1) is 13.0. The molecule has 1 fully saturated rings. The summed E-state index contributed by atoms with van der Waals surface area (Å²) < 4.78 is 30.9. The van der Waals surface area contributed by atoms with Crippen LogP contribution in [0.25, 0.3) is 0 Å². The second-order valence-electron chi connectivity index (χ2n) is 6.75. The third kappa shape index (κ3) is 3.62. The summed E-state index contributed by atoms with van der Waals surface area (Å²) in [4.78, 5) is 13.6. The number of hydrogen-bond donors (Lipinski definition) is 0. The minimum atomic E-state index is -1.32. The quantitative estimate of drug-likeness (QED) is 0.597. The van der Waals surface area contributed by atoms with Gasteiger partial charge in [0.05, 0.1) is 22.6 Å². The summed E-state index contributed by atoms with van der Waals surface area (Å²) in [5.74, 6) is 0.388. The van der Waals surface area contributed by atoms with Gasteiger partial charge in [0.15, 0.2) is 11.5 Å². The van der Waals surface area contributed by atoms with Crippen LogP contribution in [0.1, 0.15) is 51.6 Å². The summed E-state index contributed by atoms with van der Waals surface area (Å²) in [6.07, 6.45) is 5.42. The van der Waals surface area contributed by atoms with E-state index in [-0.39, 0.29) is 11.7 Å². The van der Waals surface area contributed by atoms with Gasteiger partial charge >= 0.3 is 0 Å². The van der Waals surface area contributed by atoms with E-state index in [9.17, 15) is 13.4 Å². The molecule has 4 rings (SSSR count). The Kier molecular flexibility index (Phi) is 4.74. The molecule has 1 saturated carbocycles. The second-order valence-corrected chi connectivity index (χ2v) is 8.10. The first-order valence-electron chi connectivity index (χ1n) is 8.73. The molecule has 3 aromatic rings. The van der Waals surface area contributed by atoms with Gasteiger partial charge in [0.2, 0.25) is 0 Å². The monoisotopic (exact) mass is 383 g/mol. The molecule has 138 valence electrons. The third-order valence-electron chi connectivity index (χ3n) is 4.77. The van der Waals surface area contributed by atoms with Gasteiger partial charge in [-0.3, -0.25) is 9.00 Å². The first-order valence-corrected chi connectivity index (χ1v) is 10.3. The highest BCUT2D eigenvalue weighted by molar-refractivity contribution is 7.84. The Balaban J connectivity index is 1.71. The number of aromatic nitrogens is 1. The van der Waals surface area contributed by atoms with Gasteiger partial charge in [-0.05, 0) is 42.5 Å². The Labute approximate surface area is 158 Å². The number of carbonyl (C=O) groups is 1. The molecule has 4 nitrogen and oxygen atoms in total. The summed E-state index contributed by atoms with van der Waals surface area (Å²) in [7, 11) is -1.32. The molecule has 1 heterocycles. The van der Waals surface area contributed by atoms with E-state index in [1.54, 1.807) is 12.1 Å². The lowest BCUT2D eigenvalue weighted by molar-refractivity contribution is 0.103. The fourth-order valence-electron chi connectivity index (χ4n) is 3.25. The van der Waals surface area contributed by atoms with Crippen LogP contribution < -0.4 is 0 Å². The summed E-state index contributed by atoms with van der Waals surface area (Å²) >= 11 is 0. The number of ketones is 1. The van der Waals surface area contributed by atoms with Crippen LogP contribution >= 0.6 is 0 Å². The van der Waals surface area contributed by atoms with Crippen LogP contribution in [0, 0.1) is 5.82 Å². The maximum atomic E-state index is 13.6. The minimum absolute atomic E-state index is 0.130. The molecule has 0 saturated heterocycles. The molecule has 6 heteroatoms. The lowest BCUT2D eigenvalue weighted by atomic mass is 9.94. The van der Waals surface area contributed by atoms with Crippen LogP contribution in [0.3, 0.4) is 0 Å². The van der Waals surface area contributed by atoms with Gasteiger partial charge in [0.25, 0.3) is 0 Å². The van der Waals surface area contributed by atoms with Gasteiger partial charge in [-0.25, -0.2) is 4.39 Å². The van der Waals surface area contributed by atoms with Crippen molar-refractivity contribution < 1.29 is 17.9 Å². The van der Waals surface area contributed by atoms with E-state index in [0.717, 1.165) is 24.0 Å². The molecular formula is C21H18FNO3S. The minimum Gasteiger partial charge on any atom is -0.360 e. The van der Waals surface area contributed by atoms with Crippen molar-refractivity contribution in [2.24, 2.45) is 0 Å². The van der Waals surface area contributed by atoms with Crippen molar-refractivity contribution in [3.63, 3.8) is 0 Å². The van der Waals surface area contributed by atoms with Gasteiger partial charge in [-0.2, -0.15) is 0 Å². The van der Waals surface area contributed by atoms with E-state index in [1.807, 2.05) is 18.2 Å². The molecule has 0 amide bonds. The molecule has 0 aliphatic heterocycles. The standard InChI is InChI=1S/C21H18FNO3S/c1-27(25)19-11-16(22)9-8-15(19)10-14-4-2-3-5-17(14)20(24)18-12-23-26-21(18)13-6-7-13/h2-5,8-9,11-13H,6-7,10H2,1H3. The summed E-state index contributed by atoms with van der Waals surface area (Å²) in [6, 6.07) is 11.6. The van der Waals surface area contributed by atoms with Crippen molar-refractivity contribution in [1.82, 2.24) is 5.16 Å². The summed E-state index contributed by atoms with van der Waals surface area (Å²) in [6.45, 7) is 0. The number of carbonyl (C=O) groups excluding carboxylic acids is 1. The van der Waals surface area contributed by atoms with Crippen molar-refractivity contribution in [2.45, 2.75) is 30.1 Å². The average Bonchev–Trinajstić information content (AvgIpc) is 3.39. The zero-order chi connectivity index (χ0) is 19.0. The van der Waals surface area contributed by atoms with E-state index in [4.69, 9.17) is 4.52 Å². The maximum Gasteiger partial charge on any atom is 0.198 e. The highest BCUT2D eigenvalue weighted by atomic mass is 32.2. The Bertz CT molecular complexity index is 1040. The number of hydrogen-bond acceptors (Lipinski definition) is 4. The molecule has 0 N–H and O–H groups in total. The Morgan fingerprint density at radius 1 is 1.19 bits per heavy atom. The van der Waals surface area contributed by atoms with E-state index in [1.165, 1.54) is 24.6 Å². The highest BCUT2D eigenvalue weighted by Gasteiger charge is 2.33. The molecule has 1 aliphatic carbocycles. The zero-order valence-electron chi connectivity index (χ0n) is 14.8. The molecule has 1 unspecified atom stereocenters. The van der Waals surface area contributed by atoms with Crippen molar-refractivity contribution in [3.05, 3.63) is 82.5 Å². The van der Waals surface area contributed by atoms with Crippen LogP contribution in [-0.2, 0) is 17.2 Å². The molecule has 1 aromatic heterocycles. The van der Waals surface area contributed by atoms with Gasteiger partial charge in [0, 0.05) is 22.6 Å². The fraction of sp³-hybridized carbons (Fsp3) is 0.238. The summed E-state index contributed by atoms with van der Waals surface area (Å²) in [5.41, 5.74) is 2.59. The fourth-order valence-corrected chi connectivity index (χ4v) is 4.04. The van der Waals surface area contributed by atoms with E-state index >= 15 is 0 Å². The number of benzene rings is 2. The number of rotatable bonds is 6. The largest absolute Gasteiger partial charge is 0.360 e. The first kappa shape index (κ1) is 17.8. The Morgan fingerprint density at radius 3 is 2.70 bits per heavy atom. The highest BCUT2D eigenvalue weighted by Crippen LogP contribution is 2.42. The Morgan fingerprint density at radius 2 is 1.96 bits per heavy atom. The molecule has 0 bridgehead atoms. The topological polar surface area (TPSA) is 60.2 Å². The van der Waals surface area contributed by atoms with Crippen molar-refractivity contribution in [1.29, 1.82) is 0 Å². The summed E-state index contributed by atoms with van der Waals surface area (Å²) in [5, 5.41) is 3.81. The van der Waals surface area contributed by atoms with Gasteiger partial charge in [0.1, 0.15) is 5.82 Å². The molecule has 2 aromatic carbocycles. The average molecular weight is 383 g/mol. The normalized spacial score (nSPS) is 14.9. The van der Waals surface area contributed by atoms with Crippen LogP contribution in [0.4, 0.5) is 4.39 Å². The lowest BCUT2D eigenvalue weighted by Gasteiger charge is -2.11. The van der Waals surface area contributed by atoms with E-state index < -0.39 is 16.6 Å². The van der Waals surface area contributed by atoms with Gasteiger partial charge < -0.3 is 4.52 Å². The predicted molar refractivity (Wildman–Crippen MR) is 99.9 cm³/mol. The Hall–Kier alpha value is -2.60. The van der Waals surface area contributed by atoms with Gasteiger partial charge in [-0.1, -0.05) is 35.5 Å². The molecule has 1 atom stereocenters. The molecule has 0 radical (unpaired) electrons. The van der Waals surface area contributed by atoms with Crippen LogP contribution in [-0.4, -0.2) is 21.4 Å². The van der Waals surface area contributed by atoms with Gasteiger partial charge in [-0.15, -0.1) is 0 Å². The van der Waals surface area contributed by atoms with Crippen molar-refractivity contribution in [2.75, 3.05) is 6.26 Å². The van der Waals surface area contributed by atoms with Crippen LogP contribution in [0.5, 0.6) is 0 Å². The number of nitrogens with zero attached hydrogens (tertiary/aromatic N) is 1. The maximum absolute atomic E-state index is 13.6. The van der Waals surface area contributed by atoms with Crippen LogP contribution in [0.15, 0.2) is 58.1 Å². The molecule has 1 aliphatic rings. The van der Waals surface area contributed by atoms with E-state index in [0.29, 0.717) is 28.2 Å². The molecule has 27 heavy (non-hydrogen) atoms. The molecule has 0 spiro atoms. The SMILES string of the molecule is CS(=O)c1cc(F)ccc1Cc1ccccc1C(=O)c1cnoc1C1CC1. The molecular weight excluding hydrogens is 365 g/mol. The van der Waals surface area contributed by atoms with E-state index in [2.05, 4.69) is 5.16 Å². The predicted octanol–water partition coefficient (Wildman–Crippen LogP) is 4.25.